The van der Waals surface area contributed by atoms with Gasteiger partial charge in [0.25, 0.3) is 5.91 Å². The van der Waals surface area contributed by atoms with Gasteiger partial charge in [-0.15, -0.1) is 0 Å². The van der Waals surface area contributed by atoms with E-state index >= 15 is 0 Å². The summed E-state index contributed by atoms with van der Waals surface area (Å²) in [5.41, 5.74) is 4.66. The van der Waals surface area contributed by atoms with E-state index in [-0.39, 0.29) is 16.9 Å². The maximum Gasteiger partial charge on any atom is 0.271 e. The van der Waals surface area contributed by atoms with Crippen molar-refractivity contribution in [2.45, 2.75) is 57.7 Å². The molecule has 2 unspecified atom stereocenters. The second-order valence-corrected chi connectivity index (χ2v) is 9.61. The highest BCUT2D eigenvalue weighted by Crippen LogP contribution is 2.26. The van der Waals surface area contributed by atoms with E-state index in [0.717, 1.165) is 29.3 Å². The minimum atomic E-state index is -0.794. The lowest BCUT2D eigenvalue weighted by molar-refractivity contribution is -0.133. The summed E-state index contributed by atoms with van der Waals surface area (Å²) < 4.78 is 1.96. The maximum absolute atomic E-state index is 12.9. The van der Waals surface area contributed by atoms with Crippen LogP contribution in [0.4, 0.5) is 0 Å². The molecule has 0 radical (unpaired) electrons. The molecule has 0 aliphatic heterocycles. The van der Waals surface area contributed by atoms with Crippen LogP contribution in [0.2, 0.25) is 0 Å². The van der Waals surface area contributed by atoms with Crippen LogP contribution in [0.25, 0.3) is 10.9 Å². The van der Waals surface area contributed by atoms with Gasteiger partial charge in [-0.25, -0.2) is 5.43 Å². The standard InChI is InChI=1S/C26H31ClN4O3/c1-17-13-19(14-22(27)25(17)33)26(34)29-28-15-18-7-6-10-23-21(18)11-12-31(23)16-24(32)30(2)20-8-4-3-5-9-20/h6-7,10-15,17,20,25,33H,3-5,8-9,16H2,1-2H3,(H,29,34)/b28-15+. The molecule has 1 aromatic carbocycles. The molecule has 2 amide bonds. The predicted molar refractivity (Wildman–Crippen MR) is 135 cm³/mol. The fraction of sp³-hybridized carbons (Fsp3) is 0.423. The first-order valence-corrected chi connectivity index (χ1v) is 12.2. The largest absolute Gasteiger partial charge is 0.387 e. The fourth-order valence-electron chi connectivity index (χ4n) is 4.70. The molecule has 4 rings (SSSR count). The molecule has 0 saturated heterocycles. The van der Waals surface area contributed by atoms with Crippen molar-refractivity contribution in [2.24, 2.45) is 11.0 Å². The molecule has 34 heavy (non-hydrogen) atoms. The number of halogens is 1. The van der Waals surface area contributed by atoms with Crippen molar-refractivity contribution in [1.82, 2.24) is 14.9 Å². The number of amides is 2. The predicted octanol–water partition coefficient (Wildman–Crippen LogP) is 3.94. The Morgan fingerprint density at radius 1 is 1.26 bits per heavy atom. The first kappa shape index (κ1) is 24.2. The van der Waals surface area contributed by atoms with E-state index in [1.807, 2.05) is 47.0 Å². The van der Waals surface area contributed by atoms with E-state index in [9.17, 15) is 14.7 Å². The minimum absolute atomic E-state index is 0.113. The molecule has 0 bridgehead atoms. The van der Waals surface area contributed by atoms with Crippen LogP contribution in [0.5, 0.6) is 0 Å². The number of hydrogen-bond donors (Lipinski definition) is 2. The molecule has 180 valence electrons. The number of likely N-dealkylation sites (N-methyl/N-ethyl adjacent to an activating group) is 1. The first-order valence-electron chi connectivity index (χ1n) is 11.8. The Hall–Kier alpha value is -2.90. The lowest BCUT2D eigenvalue weighted by Crippen LogP contribution is -2.40. The van der Waals surface area contributed by atoms with E-state index < -0.39 is 12.0 Å². The number of benzene rings is 1. The monoisotopic (exact) mass is 482 g/mol. The Bertz CT molecular complexity index is 1160. The summed E-state index contributed by atoms with van der Waals surface area (Å²) in [6, 6.07) is 8.09. The van der Waals surface area contributed by atoms with Gasteiger partial charge in [0.15, 0.2) is 0 Å². The van der Waals surface area contributed by atoms with E-state index in [0.29, 0.717) is 18.2 Å². The number of hydrazone groups is 1. The number of nitrogens with one attached hydrogen (secondary N) is 1. The van der Waals surface area contributed by atoms with Gasteiger partial charge in [-0.3, -0.25) is 9.59 Å². The third-order valence-electron chi connectivity index (χ3n) is 6.82. The van der Waals surface area contributed by atoms with Crippen LogP contribution in [-0.2, 0) is 16.1 Å². The smallest absolute Gasteiger partial charge is 0.271 e. The second-order valence-electron chi connectivity index (χ2n) is 9.17. The molecular weight excluding hydrogens is 452 g/mol. The molecule has 8 heteroatoms. The maximum atomic E-state index is 12.9. The molecule has 2 aliphatic carbocycles. The summed E-state index contributed by atoms with van der Waals surface area (Å²) in [5.74, 6) is -0.535. The molecule has 7 nitrogen and oxygen atoms in total. The van der Waals surface area contributed by atoms with Gasteiger partial charge < -0.3 is 14.6 Å². The SMILES string of the molecule is CC1C=C(C(=O)N/N=C/c2cccc3c2ccn3CC(=O)N(C)C2CCCCC2)C=C(Cl)C1O. The number of aromatic nitrogens is 1. The fourth-order valence-corrected chi connectivity index (χ4v) is 5.02. The van der Waals surface area contributed by atoms with Crippen molar-refractivity contribution in [2.75, 3.05) is 7.05 Å². The van der Waals surface area contributed by atoms with Crippen LogP contribution in [0.15, 0.2) is 58.3 Å². The number of carbonyl (C=O) groups excluding carboxylic acids is 2. The highest BCUT2D eigenvalue weighted by atomic mass is 35.5. The van der Waals surface area contributed by atoms with Crippen molar-refractivity contribution in [3.63, 3.8) is 0 Å². The van der Waals surface area contributed by atoms with E-state index in [1.165, 1.54) is 25.3 Å². The summed E-state index contributed by atoms with van der Waals surface area (Å²) in [6.07, 6.45) is 11.6. The Kier molecular flexibility index (Phi) is 7.54. The van der Waals surface area contributed by atoms with Gasteiger partial charge in [-0.2, -0.15) is 5.10 Å². The van der Waals surface area contributed by atoms with Crippen molar-refractivity contribution in [3.05, 3.63) is 58.8 Å². The minimum Gasteiger partial charge on any atom is -0.387 e. The zero-order valence-electron chi connectivity index (χ0n) is 19.6. The Balaban J connectivity index is 1.43. The van der Waals surface area contributed by atoms with Crippen molar-refractivity contribution < 1.29 is 14.7 Å². The molecule has 1 saturated carbocycles. The van der Waals surface area contributed by atoms with Crippen LogP contribution in [0.3, 0.4) is 0 Å². The molecule has 2 aliphatic rings. The first-order chi connectivity index (χ1) is 16.3. The number of carbonyl (C=O) groups is 2. The van der Waals surface area contributed by atoms with Crippen LogP contribution < -0.4 is 5.43 Å². The highest BCUT2D eigenvalue weighted by Gasteiger charge is 2.24. The van der Waals surface area contributed by atoms with Crippen molar-refractivity contribution in [1.29, 1.82) is 0 Å². The zero-order chi connectivity index (χ0) is 24.2. The molecule has 2 N–H and O–H groups in total. The third kappa shape index (κ3) is 5.26. The van der Waals surface area contributed by atoms with Crippen LogP contribution in [-0.4, -0.2) is 51.8 Å². The number of aliphatic hydroxyl groups excluding tert-OH is 1. The molecule has 1 heterocycles. The average molecular weight is 483 g/mol. The highest BCUT2D eigenvalue weighted by molar-refractivity contribution is 6.31. The Morgan fingerprint density at radius 3 is 2.76 bits per heavy atom. The van der Waals surface area contributed by atoms with E-state index in [4.69, 9.17) is 11.6 Å². The normalized spacial score (nSPS) is 21.4. The van der Waals surface area contributed by atoms with Gasteiger partial charge in [0.05, 0.1) is 12.3 Å². The average Bonchev–Trinajstić information content (AvgIpc) is 3.25. The van der Waals surface area contributed by atoms with Gasteiger partial charge in [0, 0.05) is 52.3 Å². The number of hydrogen-bond acceptors (Lipinski definition) is 4. The molecular formula is C26H31ClN4O3. The Morgan fingerprint density at radius 2 is 2.03 bits per heavy atom. The number of aliphatic hydroxyl groups is 1. The summed E-state index contributed by atoms with van der Waals surface area (Å²) >= 11 is 6.02. The summed E-state index contributed by atoms with van der Waals surface area (Å²) in [7, 11) is 1.91. The molecule has 1 aromatic heterocycles. The number of nitrogens with zero attached hydrogens (tertiary/aromatic N) is 3. The third-order valence-corrected chi connectivity index (χ3v) is 7.15. The molecule has 1 fully saturated rings. The summed E-state index contributed by atoms with van der Waals surface area (Å²) in [5, 5.41) is 15.2. The van der Waals surface area contributed by atoms with Crippen molar-refractivity contribution in [3.8, 4) is 0 Å². The van der Waals surface area contributed by atoms with E-state index in [2.05, 4.69) is 10.5 Å². The van der Waals surface area contributed by atoms with Gasteiger partial charge in [0.2, 0.25) is 5.91 Å². The van der Waals surface area contributed by atoms with Gasteiger partial charge >= 0.3 is 0 Å². The Labute approximate surface area is 204 Å². The van der Waals surface area contributed by atoms with E-state index in [1.54, 1.807) is 19.2 Å². The summed E-state index contributed by atoms with van der Waals surface area (Å²) in [6.45, 7) is 2.08. The van der Waals surface area contributed by atoms with Gasteiger partial charge in [-0.05, 0) is 31.1 Å². The number of rotatable bonds is 6. The van der Waals surface area contributed by atoms with Crippen LogP contribution in [0, 0.1) is 5.92 Å². The van der Waals surface area contributed by atoms with Gasteiger partial charge in [0.1, 0.15) is 6.54 Å². The lowest BCUT2D eigenvalue weighted by atomic mass is 9.94. The number of fused-ring (bicyclic) bond motifs is 1. The van der Waals surface area contributed by atoms with Gasteiger partial charge in [-0.1, -0.05) is 56.0 Å². The molecule has 2 atom stereocenters. The molecule has 0 spiro atoms. The lowest BCUT2D eigenvalue weighted by Gasteiger charge is -2.31. The second kappa shape index (κ2) is 10.6. The summed E-state index contributed by atoms with van der Waals surface area (Å²) in [4.78, 5) is 27.3. The molecule has 2 aromatic rings. The zero-order valence-corrected chi connectivity index (χ0v) is 20.3. The van der Waals surface area contributed by atoms with Crippen molar-refractivity contribution >= 4 is 40.5 Å². The topological polar surface area (TPSA) is 86.9 Å². The van der Waals surface area contributed by atoms with Crippen LogP contribution >= 0.6 is 11.6 Å². The van der Waals surface area contributed by atoms with Crippen LogP contribution in [0.1, 0.15) is 44.6 Å². The quantitative estimate of drug-likeness (QED) is 0.483.